The molecule has 0 saturated carbocycles. The molecule has 0 unspecified atom stereocenters. The average molecular weight is 199 g/mol. The van der Waals surface area contributed by atoms with Crippen LogP contribution in [-0.2, 0) is 0 Å². The highest BCUT2D eigenvalue weighted by atomic mass is 16.3. The van der Waals surface area contributed by atoms with Gasteiger partial charge in [-0.1, -0.05) is 12.1 Å². The summed E-state index contributed by atoms with van der Waals surface area (Å²) in [6, 6.07) is 9.38. The fourth-order valence-electron chi connectivity index (χ4n) is 1.38. The maximum absolute atomic E-state index is 9.29. The highest BCUT2D eigenvalue weighted by Crippen LogP contribution is 2.17. The zero-order valence-electron chi connectivity index (χ0n) is 8.15. The molecule has 0 atom stereocenters. The molecule has 0 bridgehead atoms. The summed E-state index contributed by atoms with van der Waals surface area (Å²) in [7, 11) is 0. The van der Waals surface area contributed by atoms with Crippen LogP contribution < -0.4 is 0 Å². The van der Waals surface area contributed by atoms with E-state index < -0.39 is 0 Å². The first-order valence-corrected chi connectivity index (χ1v) is 4.47. The van der Waals surface area contributed by atoms with Gasteiger partial charge in [0, 0.05) is 0 Å². The zero-order chi connectivity index (χ0) is 10.8. The fourth-order valence-corrected chi connectivity index (χ4v) is 1.38. The Bertz CT molecular complexity index is 538. The minimum absolute atomic E-state index is 0.0310. The first-order valence-electron chi connectivity index (χ1n) is 4.47. The van der Waals surface area contributed by atoms with E-state index in [1.54, 1.807) is 0 Å². The van der Waals surface area contributed by atoms with Crippen LogP contribution in [0.2, 0.25) is 0 Å². The number of fused-ring (bicyclic) bond motifs is 1. The van der Waals surface area contributed by atoms with Crippen molar-refractivity contribution in [2.24, 2.45) is 0 Å². The Kier molecular flexibility index (Phi) is 2.14. The quantitative estimate of drug-likeness (QED) is 0.547. The molecule has 0 radical (unpaired) electrons. The van der Waals surface area contributed by atoms with Crippen LogP contribution in [0, 0.1) is 11.3 Å². The largest absolute Gasteiger partial charge is 0.511 e. The summed E-state index contributed by atoms with van der Waals surface area (Å²) in [5.41, 5.74) is 1.80. The number of aromatic amines is 1. The van der Waals surface area contributed by atoms with E-state index >= 15 is 0 Å². The molecular formula is C11H9N3O. The van der Waals surface area contributed by atoms with Crippen molar-refractivity contribution in [2.75, 3.05) is 0 Å². The number of para-hydroxylation sites is 2. The lowest BCUT2D eigenvalue weighted by Gasteiger charge is -1.93. The van der Waals surface area contributed by atoms with Crippen molar-refractivity contribution < 1.29 is 5.11 Å². The van der Waals surface area contributed by atoms with E-state index in [2.05, 4.69) is 9.97 Å². The molecule has 0 spiro atoms. The van der Waals surface area contributed by atoms with Gasteiger partial charge in [0.2, 0.25) is 0 Å². The smallest absolute Gasteiger partial charge is 0.152 e. The molecule has 4 nitrogen and oxygen atoms in total. The van der Waals surface area contributed by atoms with Gasteiger partial charge >= 0.3 is 0 Å². The Morgan fingerprint density at radius 2 is 2.20 bits per heavy atom. The van der Waals surface area contributed by atoms with Gasteiger partial charge in [-0.3, -0.25) is 0 Å². The maximum Gasteiger partial charge on any atom is 0.152 e. The van der Waals surface area contributed by atoms with Gasteiger partial charge in [-0.25, -0.2) is 4.98 Å². The Hall–Kier alpha value is -2.28. The van der Waals surface area contributed by atoms with Crippen LogP contribution in [0.1, 0.15) is 12.7 Å². The first kappa shape index (κ1) is 9.28. The predicted octanol–water partition coefficient (Wildman–Crippen LogP) is 2.38. The Balaban J connectivity index is 2.65. The number of nitriles is 1. The number of hydrogen-bond donors (Lipinski definition) is 2. The minimum atomic E-state index is -0.0310. The molecule has 0 aliphatic carbocycles. The van der Waals surface area contributed by atoms with E-state index in [1.165, 1.54) is 6.92 Å². The van der Waals surface area contributed by atoms with Crippen LogP contribution in [0.3, 0.4) is 0 Å². The van der Waals surface area contributed by atoms with Gasteiger partial charge in [0.05, 0.1) is 11.0 Å². The topological polar surface area (TPSA) is 72.7 Å². The lowest BCUT2D eigenvalue weighted by atomic mass is 10.2. The minimum Gasteiger partial charge on any atom is -0.511 e. The fraction of sp³-hybridized carbons (Fsp3) is 0.0909. The second-order valence-electron chi connectivity index (χ2n) is 3.17. The predicted molar refractivity (Wildman–Crippen MR) is 56.9 cm³/mol. The SMILES string of the molecule is C/C(O)=C(/C#N)c1nc2ccccc2[nH]1. The number of aliphatic hydroxyl groups excluding tert-OH is 1. The van der Waals surface area contributed by atoms with E-state index in [1.807, 2.05) is 30.3 Å². The zero-order valence-corrected chi connectivity index (χ0v) is 8.15. The Morgan fingerprint density at radius 3 is 2.80 bits per heavy atom. The van der Waals surface area contributed by atoms with Crippen LogP contribution in [0.25, 0.3) is 16.6 Å². The molecular weight excluding hydrogens is 190 g/mol. The summed E-state index contributed by atoms with van der Waals surface area (Å²) < 4.78 is 0. The van der Waals surface area contributed by atoms with Gasteiger partial charge in [-0.2, -0.15) is 5.26 Å². The van der Waals surface area contributed by atoms with Crippen molar-refractivity contribution in [1.82, 2.24) is 9.97 Å². The van der Waals surface area contributed by atoms with Crippen molar-refractivity contribution in [1.29, 1.82) is 5.26 Å². The van der Waals surface area contributed by atoms with Crippen molar-refractivity contribution >= 4 is 16.6 Å². The maximum atomic E-state index is 9.29. The summed E-state index contributed by atoms with van der Waals surface area (Å²) in [5, 5.41) is 18.1. The molecule has 74 valence electrons. The van der Waals surface area contributed by atoms with Crippen LogP contribution in [0.4, 0.5) is 0 Å². The van der Waals surface area contributed by atoms with Crippen molar-refractivity contribution in [2.45, 2.75) is 6.92 Å². The monoisotopic (exact) mass is 199 g/mol. The highest BCUT2D eigenvalue weighted by molar-refractivity contribution is 5.82. The molecule has 0 aliphatic heterocycles. The number of nitrogens with one attached hydrogen (secondary N) is 1. The number of imidazole rings is 1. The molecule has 2 N–H and O–H groups in total. The number of allylic oxidation sites excluding steroid dienone is 2. The lowest BCUT2D eigenvalue weighted by molar-refractivity contribution is 0.417. The molecule has 15 heavy (non-hydrogen) atoms. The number of aliphatic hydroxyl groups is 1. The standard InChI is InChI=1S/C11H9N3O/c1-7(15)8(6-12)11-13-9-4-2-3-5-10(9)14-11/h2-5,15H,1H3,(H,13,14)/b8-7+. The number of benzene rings is 1. The third-order valence-corrected chi connectivity index (χ3v) is 2.10. The second-order valence-corrected chi connectivity index (χ2v) is 3.17. The van der Waals surface area contributed by atoms with Gasteiger partial charge in [-0.05, 0) is 19.1 Å². The molecule has 0 fully saturated rings. The lowest BCUT2D eigenvalue weighted by Crippen LogP contribution is -1.88. The van der Waals surface area contributed by atoms with Crippen molar-refractivity contribution in [3.8, 4) is 6.07 Å². The summed E-state index contributed by atoms with van der Waals surface area (Å²) in [4.78, 5) is 7.19. The second kappa shape index (κ2) is 3.46. The Morgan fingerprint density at radius 1 is 1.47 bits per heavy atom. The molecule has 1 aromatic carbocycles. The number of H-pyrrole nitrogens is 1. The van der Waals surface area contributed by atoms with Gasteiger partial charge < -0.3 is 10.1 Å². The van der Waals surface area contributed by atoms with E-state index in [-0.39, 0.29) is 11.3 Å². The van der Waals surface area contributed by atoms with E-state index in [9.17, 15) is 5.11 Å². The number of rotatable bonds is 1. The summed E-state index contributed by atoms with van der Waals surface area (Å²) in [6.45, 7) is 1.46. The first-order chi connectivity index (χ1) is 7.22. The molecule has 1 aromatic heterocycles. The van der Waals surface area contributed by atoms with Crippen molar-refractivity contribution in [3.63, 3.8) is 0 Å². The van der Waals surface area contributed by atoms with Crippen LogP contribution in [0.5, 0.6) is 0 Å². The molecule has 2 rings (SSSR count). The molecule has 0 aliphatic rings. The van der Waals surface area contributed by atoms with Crippen molar-refractivity contribution in [3.05, 3.63) is 35.8 Å². The molecule has 2 aromatic rings. The van der Waals surface area contributed by atoms with Crippen LogP contribution in [0.15, 0.2) is 30.0 Å². The van der Waals surface area contributed by atoms with Gasteiger partial charge in [0.15, 0.2) is 5.82 Å². The molecule has 4 heteroatoms. The van der Waals surface area contributed by atoms with E-state index in [4.69, 9.17) is 5.26 Å². The van der Waals surface area contributed by atoms with Gasteiger partial charge in [0.1, 0.15) is 17.4 Å². The molecule has 0 saturated heterocycles. The number of aromatic nitrogens is 2. The van der Waals surface area contributed by atoms with Crippen LogP contribution >= 0.6 is 0 Å². The highest BCUT2D eigenvalue weighted by Gasteiger charge is 2.09. The molecule has 0 amide bonds. The molecule has 1 heterocycles. The van der Waals surface area contributed by atoms with Gasteiger partial charge in [-0.15, -0.1) is 0 Å². The number of nitrogens with zero attached hydrogens (tertiary/aromatic N) is 2. The van der Waals surface area contributed by atoms with E-state index in [0.717, 1.165) is 11.0 Å². The summed E-state index contributed by atoms with van der Waals surface area (Å²) in [5.74, 6) is 0.371. The van der Waals surface area contributed by atoms with Gasteiger partial charge in [0.25, 0.3) is 0 Å². The van der Waals surface area contributed by atoms with Crippen LogP contribution in [-0.4, -0.2) is 15.1 Å². The summed E-state index contributed by atoms with van der Waals surface area (Å²) >= 11 is 0. The average Bonchev–Trinajstić information content (AvgIpc) is 2.61. The summed E-state index contributed by atoms with van der Waals surface area (Å²) in [6.07, 6.45) is 0. The Labute approximate surface area is 86.5 Å². The normalized spacial score (nSPS) is 12.3. The third kappa shape index (κ3) is 1.55. The van der Waals surface area contributed by atoms with E-state index in [0.29, 0.717) is 5.82 Å². The number of hydrogen-bond acceptors (Lipinski definition) is 3. The third-order valence-electron chi connectivity index (χ3n) is 2.10.